The molecule has 1 atom stereocenters. The van der Waals surface area contributed by atoms with E-state index in [0.29, 0.717) is 6.61 Å². The Morgan fingerprint density at radius 2 is 2.32 bits per heavy atom. The van der Waals surface area contributed by atoms with Crippen LogP contribution in [-0.2, 0) is 6.54 Å². The Morgan fingerprint density at radius 1 is 1.41 bits per heavy atom. The SMILES string of the molecule is COc1cccc2c1OCCCN(CC(C)n1cncn1)C2. The van der Waals surface area contributed by atoms with Gasteiger partial charge in [-0.1, -0.05) is 12.1 Å². The highest BCUT2D eigenvalue weighted by atomic mass is 16.5. The molecule has 3 rings (SSSR count). The Balaban J connectivity index is 1.76. The maximum absolute atomic E-state index is 5.90. The molecule has 22 heavy (non-hydrogen) atoms. The Hall–Kier alpha value is -2.08. The van der Waals surface area contributed by atoms with Gasteiger partial charge in [0.25, 0.3) is 0 Å². The van der Waals surface area contributed by atoms with Gasteiger partial charge in [-0.25, -0.2) is 9.67 Å². The van der Waals surface area contributed by atoms with Gasteiger partial charge in [-0.15, -0.1) is 0 Å². The molecule has 0 N–H and O–H groups in total. The van der Waals surface area contributed by atoms with Crippen LogP contribution in [0.3, 0.4) is 0 Å². The topological polar surface area (TPSA) is 52.4 Å². The van der Waals surface area contributed by atoms with Crippen molar-refractivity contribution in [3.63, 3.8) is 0 Å². The molecule has 1 aliphatic rings. The molecule has 0 spiro atoms. The van der Waals surface area contributed by atoms with Crippen LogP contribution in [0, 0.1) is 0 Å². The number of para-hydroxylation sites is 1. The summed E-state index contributed by atoms with van der Waals surface area (Å²) < 4.78 is 13.2. The monoisotopic (exact) mass is 302 g/mol. The van der Waals surface area contributed by atoms with Crippen molar-refractivity contribution in [1.82, 2.24) is 19.7 Å². The molecular weight excluding hydrogens is 280 g/mol. The minimum absolute atomic E-state index is 0.289. The summed E-state index contributed by atoms with van der Waals surface area (Å²) in [6.07, 6.45) is 4.36. The van der Waals surface area contributed by atoms with Crippen molar-refractivity contribution in [2.75, 3.05) is 26.8 Å². The largest absolute Gasteiger partial charge is 0.493 e. The lowest BCUT2D eigenvalue weighted by Crippen LogP contribution is -2.32. The zero-order valence-electron chi connectivity index (χ0n) is 13.1. The third-order valence-electron chi connectivity index (χ3n) is 3.95. The number of benzene rings is 1. The number of ether oxygens (including phenoxy) is 2. The van der Waals surface area contributed by atoms with E-state index in [4.69, 9.17) is 9.47 Å². The average Bonchev–Trinajstić information content (AvgIpc) is 3.03. The van der Waals surface area contributed by atoms with Crippen molar-refractivity contribution < 1.29 is 9.47 Å². The predicted octanol–water partition coefficient (Wildman–Crippen LogP) is 2.13. The standard InChI is InChI=1S/C16H22N4O2/c1-13(20-12-17-11-18-20)9-19-7-4-8-22-16-14(10-19)5-3-6-15(16)21-2/h3,5-6,11-13H,4,7-10H2,1-2H3. The van der Waals surface area contributed by atoms with Crippen LogP contribution in [0.4, 0.5) is 0 Å². The minimum atomic E-state index is 0.289. The van der Waals surface area contributed by atoms with Gasteiger partial charge in [0.1, 0.15) is 12.7 Å². The molecule has 0 radical (unpaired) electrons. The highest BCUT2D eigenvalue weighted by Crippen LogP contribution is 2.33. The number of rotatable bonds is 4. The van der Waals surface area contributed by atoms with E-state index in [1.807, 2.05) is 16.8 Å². The Bertz CT molecular complexity index is 600. The van der Waals surface area contributed by atoms with Crippen molar-refractivity contribution in [2.24, 2.45) is 0 Å². The zero-order chi connectivity index (χ0) is 15.4. The summed E-state index contributed by atoms with van der Waals surface area (Å²) in [7, 11) is 1.68. The van der Waals surface area contributed by atoms with Crippen molar-refractivity contribution >= 4 is 0 Å². The van der Waals surface area contributed by atoms with Gasteiger partial charge in [-0.3, -0.25) is 4.90 Å². The van der Waals surface area contributed by atoms with E-state index >= 15 is 0 Å². The van der Waals surface area contributed by atoms with Gasteiger partial charge in [0.15, 0.2) is 11.5 Å². The third kappa shape index (κ3) is 3.22. The highest BCUT2D eigenvalue weighted by molar-refractivity contribution is 5.46. The molecule has 118 valence electrons. The minimum Gasteiger partial charge on any atom is -0.493 e. The van der Waals surface area contributed by atoms with Crippen LogP contribution in [0.5, 0.6) is 11.5 Å². The van der Waals surface area contributed by atoms with Crippen molar-refractivity contribution in [2.45, 2.75) is 25.9 Å². The molecule has 6 heteroatoms. The quantitative estimate of drug-likeness (QED) is 0.866. The molecule has 0 amide bonds. The van der Waals surface area contributed by atoms with Crippen LogP contribution >= 0.6 is 0 Å². The molecule has 1 aromatic heterocycles. The number of fused-ring (bicyclic) bond motifs is 1. The Morgan fingerprint density at radius 3 is 3.09 bits per heavy atom. The second-order valence-corrected chi connectivity index (χ2v) is 5.61. The van der Waals surface area contributed by atoms with Gasteiger partial charge in [0, 0.05) is 25.2 Å². The molecule has 2 aromatic rings. The van der Waals surface area contributed by atoms with Crippen LogP contribution in [0.1, 0.15) is 24.9 Å². The zero-order valence-corrected chi connectivity index (χ0v) is 13.1. The molecule has 0 saturated heterocycles. The average molecular weight is 302 g/mol. The molecule has 1 aromatic carbocycles. The molecule has 0 aliphatic carbocycles. The highest BCUT2D eigenvalue weighted by Gasteiger charge is 2.19. The lowest BCUT2D eigenvalue weighted by Gasteiger charge is -2.29. The molecule has 0 bridgehead atoms. The van der Waals surface area contributed by atoms with Gasteiger partial charge in [-0.2, -0.15) is 5.10 Å². The molecule has 1 unspecified atom stereocenters. The van der Waals surface area contributed by atoms with E-state index in [9.17, 15) is 0 Å². The fourth-order valence-electron chi connectivity index (χ4n) is 2.85. The van der Waals surface area contributed by atoms with Crippen LogP contribution < -0.4 is 9.47 Å². The van der Waals surface area contributed by atoms with Crippen LogP contribution in [0.15, 0.2) is 30.9 Å². The second-order valence-electron chi connectivity index (χ2n) is 5.61. The number of methoxy groups -OCH3 is 1. The first-order chi connectivity index (χ1) is 10.8. The Kier molecular flexibility index (Phi) is 4.58. The first-order valence-electron chi connectivity index (χ1n) is 7.63. The van der Waals surface area contributed by atoms with E-state index in [2.05, 4.69) is 28.0 Å². The smallest absolute Gasteiger partial charge is 0.165 e. The van der Waals surface area contributed by atoms with Crippen molar-refractivity contribution in [3.8, 4) is 11.5 Å². The maximum Gasteiger partial charge on any atom is 0.165 e. The number of hydrogen-bond donors (Lipinski definition) is 0. The molecule has 0 saturated carbocycles. The first-order valence-corrected chi connectivity index (χ1v) is 7.63. The second kappa shape index (κ2) is 6.79. The summed E-state index contributed by atoms with van der Waals surface area (Å²) in [5.41, 5.74) is 1.17. The van der Waals surface area contributed by atoms with E-state index < -0.39 is 0 Å². The van der Waals surface area contributed by atoms with Crippen molar-refractivity contribution in [3.05, 3.63) is 36.4 Å². The fourth-order valence-corrected chi connectivity index (χ4v) is 2.85. The fraction of sp³-hybridized carbons (Fsp3) is 0.500. The van der Waals surface area contributed by atoms with Crippen LogP contribution in [-0.4, -0.2) is 46.5 Å². The van der Waals surface area contributed by atoms with E-state index in [-0.39, 0.29) is 6.04 Å². The van der Waals surface area contributed by atoms with Gasteiger partial charge >= 0.3 is 0 Å². The number of nitrogens with zero attached hydrogens (tertiary/aromatic N) is 4. The van der Waals surface area contributed by atoms with E-state index in [1.54, 1.807) is 19.8 Å². The van der Waals surface area contributed by atoms with Gasteiger partial charge < -0.3 is 9.47 Å². The predicted molar refractivity (Wildman–Crippen MR) is 83.1 cm³/mol. The Labute approximate surface area is 130 Å². The van der Waals surface area contributed by atoms with E-state index in [0.717, 1.165) is 37.6 Å². The van der Waals surface area contributed by atoms with Crippen LogP contribution in [0.25, 0.3) is 0 Å². The van der Waals surface area contributed by atoms with Crippen molar-refractivity contribution in [1.29, 1.82) is 0 Å². The number of aromatic nitrogens is 3. The molecule has 1 aliphatic heterocycles. The summed E-state index contributed by atoms with van der Waals surface area (Å²) in [6, 6.07) is 6.36. The van der Waals surface area contributed by atoms with Gasteiger partial charge in [0.05, 0.1) is 19.8 Å². The molecule has 0 fully saturated rings. The summed E-state index contributed by atoms with van der Waals surface area (Å²) in [6.45, 7) is 5.67. The maximum atomic E-state index is 5.90. The first kappa shape index (κ1) is 14.8. The summed E-state index contributed by atoms with van der Waals surface area (Å²) >= 11 is 0. The van der Waals surface area contributed by atoms with Crippen LogP contribution in [0.2, 0.25) is 0 Å². The van der Waals surface area contributed by atoms with E-state index in [1.165, 1.54) is 5.56 Å². The van der Waals surface area contributed by atoms with Gasteiger partial charge in [-0.05, 0) is 19.4 Å². The summed E-state index contributed by atoms with van der Waals surface area (Å²) in [5, 5.41) is 4.23. The molecular formula is C16H22N4O2. The summed E-state index contributed by atoms with van der Waals surface area (Å²) in [4.78, 5) is 6.46. The van der Waals surface area contributed by atoms with Gasteiger partial charge in [0.2, 0.25) is 0 Å². The number of hydrogen-bond acceptors (Lipinski definition) is 5. The molecule has 6 nitrogen and oxygen atoms in total. The summed E-state index contributed by atoms with van der Waals surface area (Å²) in [5.74, 6) is 1.69. The lowest BCUT2D eigenvalue weighted by atomic mass is 10.1. The third-order valence-corrected chi connectivity index (χ3v) is 3.95. The lowest BCUT2D eigenvalue weighted by molar-refractivity contribution is 0.180. The normalized spacial score (nSPS) is 17.0. The molecule has 2 heterocycles.